The Hall–Kier alpha value is -5.84. The molecule has 2 saturated carbocycles. The van der Waals surface area contributed by atoms with Crippen LogP contribution >= 0.6 is 23.2 Å². The molecule has 10 aromatic rings. The van der Waals surface area contributed by atoms with Crippen LogP contribution in [0.4, 0.5) is 0 Å². The molecule has 0 spiro atoms. The van der Waals surface area contributed by atoms with E-state index in [0.717, 1.165) is 115 Å². The minimum Gasteiger partial charge on any atom is -0.331 e. The van der Waals surface area contributed by atoms with Crippen molar-refractivity contribution in [3.63, 3.8) is 0 Å². The molecule has 2 fully saturated rings. The number of aryl methyl sites for hydroxylation is 2. The Kier molecular flexibility index (Phi) is 6.85. The summed E-state index contributed by atoms with van der Waals surface area (Å²) < 4.78 is 8.55. The molecule has 8 aromatic heterocycles. The van der Waals surface area contributed by atoms with E-state index in [-0.39, 0.29) is 23.7 Å². The molecule has 2 aliphatic carbocycles. The van der Waals surface area contributed by atoms with Gasteiger partial charge in [-0.2, -0.15) is 0 Å². The minimum absolute atomic E-state index is 0.263. The van der Waals surface area contributed by atoms with Crippen LogP contribution < -0.4 is 0 Å². The average Bonchev–Trinajstić information content (AvgIpc) is 3.96. The third-order valence-electron chi connectivity index (χ3n) is 12.7. The third kappa shape index (κ3) is 4.57. The van der Waals surface area contributed by atoms with Gasteiger partial charge in [0.1, 0.15) is 11.6 Å². The van der Waals surface area contributed by atoms with Crippen LogP contribution in [0.1, 0.15) is 72.4 Å². The normalized spacial score (nSPS) is 19.9. The highest BCUT2D eigenvalue weighted by Crippen LogP contribution is 2.51. The summed E-state index contributed by atoms with van der Waals surface area (Å²) >= 11 is 13.6. The van der Waals surface area contributed by atoms with Crippen molar-refractivity contribution in [2.24, 2.45) is 14.1 Å². The molecule has 2 aliphatic rings. The van der Waals surface area contributed by atoms with E-state index >= 15 is 0 Å². The quantitative estimate of drug-likeness (QED) is 0.173. The third-order valence-corrected chi connectivity index (χ3v) is 13.4. The van der Waals surface area contributed by atoms with Gasteiger partial charge >= 0.3 is 0 Å². The predicted octanol–water partition coefficient (Wildman–Crippen LogP) is 10.1. The van der Waals surface area contributed by atoms with Gasteiger partial charge in [0.25, 0.3) is 0 Å². The van der Waals surface area contributed by atoms with Crippen molar-refractivity contribution in [2.75, 3.05) is 0 Å². The number of aromatic nitrogens is 10. The number of fused-ring (bicyclic) bond motifs is 8. The molecule has 0 bridgehead atoms. The van der Waals surface area contributed by atoms with Crippen LogP contribution in [-0.2, 0) is 14.1 Å². The first-order valence-corrected chi connectivity index (χ1v) is 19.9. The fourth-order valence-corrected chi connectivity index (χ4v) is 9.95. The summed E-state index contributed by atoms with van der Waals surface area (Å²) in [5.41, 5.74) is 11.3. The number of halogens is 2. The first-order chi connectivity index (χ1) is 27.4. The van der Waals surface area contributed by atoms with Crippen LogP contribution in [-0.4, -0.2) is 47.8 Å². The number of rotatable bonds is 5. The first kappa shape index (κ1) is 32.4. The lowest BCUT2D eigenvalue weighted by atomic mass is 9.70. The van der Waals surface area contributed by atoms with Crippen LogP contribution in [0.25, 0.3) is 66.4 Å². The van der Waals surface area contributed by atoms with Gasteiger partial charge in [-0.25, -0.2) is 24.9 Å². The average molecular weight is 774 g/mol. The molecule has 4 atom stereocenters. The zero-order valence-electron chi connectivity index (χ0n) is 30.6. The van der Waals surface area contributed by atoms with Crippen molar-refractivity contribution in [3.8, 4) is 11.3 Å². The van der Waals surface area contributed by atoms with E-state index in [2.05, 4.69) is 83.1 Å². The highest BCUT2D eigenvalue weighted by Gasteiger charge is 2.40. The van der Waals surface area contributed by atoms with Gasteiger partial charge in [-0.3, -0.25) is 4.98 Å². The molecule has 8 heterocycles. The summed E-state index contributed by atoms with van der Waals surface area (Å²) in [4.78, 5) is 30.2. The highest BCUT2D eigenvalue weighted by atomic mass is 35.5. The van der Waals surface area contributed by atoms with E-state index in [1.54, 1.807) is 0 Å². The van der Waals surface area contributed by atoms with Gasteiger partial charge < -0.3 is 17.9 Å². The standard InChI is InChI=1S/C44H34Cl2N10/c1-53-36-15-13-31-28(5-3-18-47-31)39(36)51-41(53)25-9-10-26(25)42-52-40-29-11-12-32(48-33(29)14-16-37(40)54(42)2)27-17-20-56-22-35(50-44(56)38(27)46)24-8-7-23(24)34-21-55-19-4-6-30(45)43(55)49-34/h3-6,11-26H,7-10H2,1-2H3. The monoisotopic (exact) mass is 772 g/mol. The van der Waals surface area contributed by atoms with E-state index in [1.807, 2.05) is 51.7 Å². The molecular weight excluding hydrogens is 739 g/mol. The zero-order valence-corrected chi connectivity index (χ0v) is 32.1. The number of imidazole rings is 4. The maximum atomic E-state index is 7.16. The molecule has 12 rings (SSSR count). The van der Waals surface area contributed by atoms with Crippen LogP contribution in [0.2, 0.25) is 10.0 Å². The molecular formula is C44H34Cl2N10. The Balaban J connectivity index is 0.862. The molecule has 4 unspecified atom stereocenters. The molecule has 2 aromatic carbocycles. The summed E-state index contributed by atoms with van der Waals surface area (Å²) in [6, 6.07) is 22.6. The van der Waals surface area contributed by atoms with Crippen LogP contribution in [0.3, 0.4) is 0 Å². The zero-order chi connectivity index (χ0) is 37.4. The van der Waals surface area contributed by atoms with Crippen molar-refractivity contribution in [1.82, 2.24) is 47.8 Å². The fourth-order valence-electron chi connectivity index (χ4n) is 9.43. The fraction of sp³-hybridized carbons (Fsp3) is 0.227. The van der Waals surface area contributed by atoms with Crippen molar-refractivity contribution in [2.45, 2.75) is 49.4 Å². The van der Waals surface area contributed by atoms with Crippen LogP contribution in [0, 0.1) is 0 Å². The summed E-state index contributed by atoms with van der Waals surface area (Å²) in [5, 5.41) is 3.36. The number of benzene rings is 2. The lowest BCUT2D eigenvalue weighted by Gasteiger charge is -2.35. The van der Waals surface area contributed by atoms with Gasteiger partial charge in [-0.15, -0.1) is 0 Å². The van der Waals surface area contributed by atoms with Crippen molar-refractivity contribution >= 4 is 78.4 Å². The summed E-state index contributed by atoms with van der Waals surface area (Å²) in [7, 11) is 4.27. The van der Waals surface area contributed by atoms with Gasteiger partial charge in [-0.05, 0) is 92.4 Å². The lowest BCUT2D eigenvalue weighted by Crippen LogP contribution is -2.26. The van der Waals surface area contributed by atoms with Gasteiger partial charge in [0.15, 0.2) is 11.3 Å². The number of hydrogen-bond donors (Lipinski definition) is 0. The van der Waals surface area contributed by atoms with Gasteiger partial charge in [-0.1, -0.05) is 23.2 Å². The second kappa shape index (κ2) is 11.8. The lowest BCUT2D eigenvalue weighted by molar-refractivity contribution is 0.310. The van der Waals surface area contributed by atoms with Gasteiger partial charge in [0.2, 0.25) is 0 Å². The van der Waals surface area contributed by atoms with E-state index in [9.17, 15) is 0 Å². The molecule has 0 N–H and O–H groups in total. The molecule has 0 aliphatic heterocycles. The first-order valence-electron chi connectivity index (χ1n) is 19.2. The van der Waals surface area contributed by atoms with E-state index in [4.69, 9.17) is 48.1 Å². The summed E-state index contributed by atoms with van der Waals surface area (Å²) in [5.74, 6) is 3.30. The van der Waals surface area contributed by atoms with Crippen LogP contribution in [0.5, 0.6) is 0 Å². The number of pyridine rings is 4. The molecule has 274 valence electrons. The minimum atomic E-state index is 0.263. The van der Waals surface area contributed by atoms with E-state index < -0.39 is 0 Å². The highest BCUT2D eigenvalue weighted by molar-refractivity contribution is 6.36. The smallest absolute Gasteiger partial charge is 0.156 e. The predicted molar refractivity (Wildman–Crippen MR) is 221 cm³/mol. The van der Waals surface area contributed by atoms with Gasteiger partial charge in [0.05, 0.1) is 60.2 Å². The molecule has 10 nitrogen and oxygen atoms in total. The van der Waals surface area contributed by atoms with E-state index in [0.29, 0.717) is 10.0 Å². The Morgan fingerprint density at radius 3 is 1.86 bits per heavy atom. The maximum absolute atomic E-state index is 7.16. The maximum Gasteiger partial charge on any atom is 0.156 e. The second-order valence-electron chi connectivity index (χ2n) is 15.5. The molecule has 56 heavy (non-hydrogen) atoms. The Bertz CT molecular complexity index is 3260. The largest absolute Gasteiger partial charge is 0.331 e. The summed E-state index contributed by atoms with van der Waals surface area (Å²) in [6.07, 6.45) is 14.3. The summed E-state index contributed by atoms with van der Waals surface area (Å²) in [6.45, 7) is 0. The topological polar surface area (TPSA) is 96.0 Å². The van der Waals surface area contributed by atoms with Crippen LogP contribution in [0.15, 0.2) is 97.7 Å². The number of nitrogens with zero attached hydrogens (tertiary/aromatic N) is 10. The second-order valence-corrected chi connectivity index (χ2v) is 16.3. The van der Waals surface area contributed by atoms with Gasteiger partial charge in [0, 0.05) is 85.1 Å². The van der Waals surface area contributed by atoms with Crippen molar-refractivity contribution in [1.29, 1.82) is 0 Å². The molecule has 0 saturated heterocycles. The molecule has 12 heteroatoms. The SMILES string of the molecule is Cn1c(C2CCC2c2nc3c4ccc(-c5ccn6cc(C7CCC7c7cn8cccc(Cl)c8n7)nc6c5Cl)nc4ccc3n2C)nc2c3cccnc3ccc21. The van der Waals surface area contributed by atoms with Crippen molar-refractivity contribution in [3.05, 3.63) is 131 Å². The van der Waals surface area contributed by atoms with Crippen molar-refractivity contribution < 1.29 is 0 Å². The number of hydrogen-bond acceptors (Lipinski definition) is 6. The Morgan fingerprint density at radius 2 is 1.20 bits per heavy atom. The van der Waals surface area contributed by atoms with E-state index in [1.165, 1.54) is 0 Å². The Labute approximate surface area is 330 Å². The molecule has 0 radical (unpaired) electrons. The Morgan fingerprint density at radius 1 is 0.571 bits per heavy atom. The molecule has 0 amide bonds.